The first-order chi connectivity index (χ1) is 12.1. The maximum atomic E-state index is 12.8. The van der Waals surface area contributed by atoms with Crippen molar-refractivity contribution < 1.29 is 14.3 Å². The molecular weight excluding hydrogens is 318 g/mol. The Balaban J connectivity index is 1.48. The summed E-state index contributed by atoms with van der Waals surface area (Å²) in [5.74, 6) is 3.37. The molecule has 3 aliphatic rings. The van der Waals surface area contributed by atoms with E-state index in [2.05, 4.69) is 10.6 Å². The van der Waals surface area contributed by atoms with Gasteiger partial charge in [-0.15, -0.1) is 0 Å². The fraction of sp³-hybridized carbons (Fsp3) is 0.579. The summed E-state index contributed by atoms with van der Waals surface area (Å²) in [4.78, 5) is 26.5. The molecule has 0 spiro atoms. The van der Waals surface area contributed by atoms with Crippen LogP contribution in [0.4, 0.5) is 10.5 Å². The highest BCUT2D eigenvalue weighted by molar-refractivity contribution is 5.98. The molecule has 6 nitrogen and oxygen atoms in total. The van der Waals surface area contributed by atoms with Crippen LogP contribution in [0, 0.1) is 23.7 Å². The summed E-state index contributed by atoms with van der Waals surface area (Å²) in [5, 5.41) is 5.54. The number of urea groups is 1. The number of hydrogen-bond acceptors (Lipinski definition) is 3. The SMILES string of the molecule is CNC(=O)c1ccc(OC)c(NC(=O)N2C[C@@H]3[C@@H]4CC[C@@H](C4)[C@@H]3C2)c1. The lowest BCUT2D eigenvalue weighted by molar-refractivity contribution is 0.0963. The lowest BCUT2D eigenvalue weighted by atomic mass is 9.82. The number of methoxy groups -OCH3 is 1. The Bertz CT molecular complexity index is 687. The van der Waals surface area contributed by atoms with Gasteiger partial charge in [0.25, 0.3) is 5.91 Å². The van der Waals surface area contributed by atoms with Crippen LogP contribution in [0.25, 0.3) is 0 Å². The van der Waals surface area contributed by atoms with Gasteiger partial charge in [0.2, 0.25) is 0 Å². The third kappa shape index (κ3) is 2.73. The highest BCUT2D eigenvalue weighted by atomic mass is 16.5. The Kier molecular flexibility index (Phi) is 4.06. The van der Waals surface area contributed by atoms with E-state index in [1.165, 1.54) is 19.3 Å². The third-order valence-electron chi connectivity index (χ3n) is 6.35. The van der Waals surface area contributed by atoms with Crippen molar-refractivity contribution in [3.8, 4) is 5.75 Å². The average molecular weight is 343 g/mol. The molecule has 0 radical (unpaired) electrons. The van der Waals surface area contributed by atoms with E-state index >= 15 is 0 Å². The fourth-order valence-corrected chi connectivity index (χ4v) is 5.13. The molecule has 1 saturated heterocycles. The van der Waals surface area contributed by atoms with Crippen molar-refractivity contribution in [2.24, 2.45) is 23.7 Å². The molecule has 25 heavy (non-hydrogen) atoms. The predicted octanol–water partition coefficient (Wildman–Crippen LogP) is 2.56. The molecule has 1 heterocycles. The normalized spacial score (nSPS) is 29.4. The standard InChI is InChI=1S/C19H25N3O3/c1-20-18(23)13-5-6-17(25-2)16(8-13)21-19(24)22-9-14-11-3-4-12(7-11)15(14)10-22/h5-6,8,11-12,14-15H,3-4,7,9-10H2,1-2H3,(H,20,23)(H,21,24)/t11-,12+,14-,15+. The van der Waals surface area contributed by atoms with Gasteiger partial charge in [-0.05, 0) is 61.1 Å². The van der Waals surface area contributed by atoms with Gasteiger partial charge in [-0.3, -0.25) is 4.79 Å². The molecule has 1 aliphatic heterocycles. The molecule has 1 aromatic rings. The minimum absolute atomic E-state index is 0.0962. The molecule has 3 amide bonds. The van der Waals surface area contributed by atoms with E-state index in [0.29, 0.717) is 28.8 Å². The topological polar surface area (TPSA) is 70.7 Å². The van der Waals surface area contributed by atoms with Crippen LogP contribution < -0.4 is 15.4 Å². The van der Waals surface area contributed by atoms with Gasteiger partial charge < -0.3 is 20.3 Å². The van der Waals surface area contributed by atoms with Gasteiger partial charge in [0.1, 0.15) is 5.75 Å². The molecule has 2 N–H and O–H groups in total. The monoisotopic (exact) mass is 343 g/mol. The fourth-order valence-electron chi connectivity index (χ4n) is 5.13. The van der Waals surface area contributed by atoms with Crippen molar-refractivity contribution >= 4 is 17.6 Å². The van der Waals surface area contributed by atoms with Crippen LogP contribution in [0.1, 0.15) is 29.6 Å². The number of nitrogens with one attached hydrogen (secondary N) is 2. The number of likely N-dealkylation sites (tertiary alicyclic amines) is 1. The first kappa shape index (κ1) is 16.2. The zero-order valence-corrected chi connectivity index (χ0v) is 14.7. The number of fused-ring (bicyclic) bond motifs is 5. The molecule has 3 fully saturated rings. The minimum Gasteiger partial charge on any atom is -0.495 e. The quantitative estimate of drug-likeness (QED) is 0.886. The molecule has 6 heteroatoms. The number of nitrogens with zero attached hydrogens (tertiary/aromatic N) is 1. The van der Waals surface area contributed by atoms with Crippen molar-refractivity contribution in [1.82, 2.24) is 10.2 Å². The second-order valence-electron chi connectivity index (χ2n) is 7.49. The largest absolute Gasteiger partial charge is 0.495 e. The maximum absolute atomic E-state index is 12.8. The van der Waals surface area contributed by atoms with Crippen molar-refractivity contribution in [1.29, 1.82) is 0 Å². The molecule has 4 rings (SSSR count). The average Bonchev–Trinajstić information content (AvgIpc) is 3.33. The molecule has 2 bridgehead atoms. The van der Waals surface area contributed by atoms with Gasteiger partial charge in [-0.25, -0.2) is 4.79 Å². The molecular formula is C19H25N3O3. The maximum Gasteiger partial charge on any atom is 0.321 e. The summed E-state index contributed by atoms with van der Waals surface area (Å²) < 4.78 is 5.33. The summed E-state index contributed by atoms with van der Waals surface area (Å²) in [7, 11) is 3.14. The van der Waals surface area contributed by atoms with Crippen LogP contribution >= 0.6 is 0 Å². The van der Waals surface area contributed by atoms with Crippen LogP contribution in [-0.4, -0.2) is 44.1 Å². The van der Waals surface area contributed by atoms with Gasteiger partial charge in [-0.1, -0.05) is 0 Å². The molecule has 0 aromatic heterocycles. The highest BCUT2D eigenvalue weighted by Gasteiger charge is 2.52. The van der Waals surface area contributed by atoms with Crippen molar-refractivity contribution in [3.05, 3.63) is 23.8 Å². The number of hydrogen-bond donors (Lipinski definition) is 2. The number of rotatable bonds is 3. The zero-order chi connectivity index (χ0) is 17.6. The van der Waals surface area contributed by atoms with Crippen LogP contribution in [0.15, 0.2) is 18.2 Å². The Morgan fingerprint density at radius 1 is 1.16 bits per heavy atom. The summed E-state index contributed by atoms with van der Waals surface area (Å²) in [6, 6.07) is 4.96. The van der Waals surface area contributed by atoms with Crippen LogP contribution in [0.2, 0.25) is 0 Å². The van der Waals surface area contributed by atoms with E-state index < -0.39 is 0 Å². The highest BCUT2D eigenvalue weighted by Crippen LogP contribution is 2.55. The second kappa shape index (κ2) is 6.24. The van der Waals surface area contributed by atoms with Crippen LogP contribution in [-0.2, 0) is 0 Å². The van der Waals surface area contributed by atoms with Gasteiger partial charge in [0.15, 0.2) is 0 Å². The lowest BCUT2D eigenvalue weighted by Gasteiger charge is -2.22. The first-order valence-electron chi connectivity index (χ1n) is 9.06. The van der Waals surface area contributed by atoms with Gasteiger partial charge in [0.05, 0.1) is 12.8 Å². The summed E-state index contributed by atoms with van der Waals surface area (Å²) in [5.41, 5.74) is 1.03. The summed E-state index contributed by atoms with van der Waals surface area (Å²) >= 11 is 0. The van der Waals surface area contributed by atoms with Crippen molar-refractivity contribution in [2.75, 3.05) is 32.6 Å². The lowest BCUT2D eigenvalue weighted by Crippen LogP contribution is -2.34. The Morgan fingerprint density at radius 2 is 1.84 bits per heavy atom. The first-order valence-corrected chi connectivity index (χ1v) is 9.06. The number of amides is 3. The predicted molar refractivity (Wildman–Crippen MR) is 94.8 cm³/mol. The smallest absolute Gasteiger partial charge is 0.321 e. The van der Waals surface area contributed by atoms with Gasteiger partial charge in [-0.2, -0.15) is 0 Å². The van der Waals surface area contributed by atoms with Gasteiger partial charge in [0, 0.05) is 25.7 Å². The van der Waals surface area contributed by atoms with Gasteiger partial charge >= 0.3 is 6.03 Å². The number of anilines is 1. The second-order valence-corrected chi connectivity index (χ2v) is 7.49. The minimum atomic E-state index is -0.189. The summed E-state index contributed by atoms with van der Waals surface area (Å²) in [6.45, 7) is 1.71. The number of ether oxygens (including phenoxy) is 1. The molecule has 1 aromatic carbocycles. The van der Waals surface area contributed by atoms with Crippen LogP contribution in [0.3, 0.4) is 0 Å². The Morgan fingerprint density at radius 3 is 2.44 bits per heavy atom. The zero-order valence-electron chi connectivity index (χ0n) is 14.7. The Hall–Kier alpha value is -2.24. The number of carbonyl (C=O) groups is 2. The van der Waals surface area contributed by atoms with E-state index in [1.807, 2.05) is 4.90 Å². The van der Waals surface area contributed by atoms with E-state index in [4.69, 9.17) is 4.74 Å². The third-order valence-corrected chi connectivity index (χ3v) is 6.35. The van der Waals surface area contributed by atoms with Crippen LogP contribution in [0.5, 0.6) is 5.75 Å². The number of benzene rings is 1. The Labute approximate surface area is 147 Å². The van der Waals surface area contributed by atoms with Crippen molar-refractivity contribution in [3.63, 3.8) is 0 Å². The molecule has 134 valence electrons. The molecule has 4 atom stereocenters. The van der Waals surface area contributed by atoms with Crippen molar-refractivity contribution in [2.45, 2.75) is 19.3 Å². The van der Waals surface area contributed by atoms with E-state index in [1.54, 1.807) is 32.4 Å². The molecule has 2 saturated carbocycles. The molecule has 0 unspecified atom stereocenters. The molecule has 2 aliphatic carbocycles. The van der Waals surface area contributed by atoms with E-state index in [-0.39, 0.29) is 11.9 Å². The summed E-state index contributed by atoms with van der Waals surface area (Å²) in [6.07, 6.45) is 4.04. The van der Waals surface area contributed by atoms with E-state index in [9.17, 15) is 9.59 Å². The van der Waals surface area contributed by atoms with E-state index in [0.717, 1.165) is 24.9 Å². The number of carbonyl (C=O) groups excluding carboxylic acids is 2.